The van der Waals surface area contributed by atoms with Crippen molar-refractivity contribution in [3.63, 3.8) is 0 Å². The van der Waals surface area contributed by atoms with Gasteiger partial charge in [0.2, 0.25) is 0 Å². The number of hydrogen-bond donors (Lipinski definition) is 0. The Morgan fingerprint density at radius 1 is 1.33 bits per heavy atom. The van der Waals surface area contributed by atoms with Crippen LogP contribution in [0.25, 0.3) is 10.8 Å². The van der Waals surface area contributed by atoms with E-state index in [4.69, 9.17) is 4.52 Å². The smallest absolute Gasteiger partial charge is 0.312 e. The molecule has 4 heteroatoms. The maximum absolute atomic E-state index is 11.4. The fourth-order valence-electron chi connectivity index (χ4n) is 1.75. The summed E-state index contributed by atoms with van der Waals surface area (Å²) in [5.41, 5.74) is 0.563. The summed E-state index contributed by atoms with van der Waals surface area (Å²) in [5.74, 6) is 0.478. The first kappa shape index (κ1) is 9.09. The number of aromatic nitrogens is 1. The third-order valence-corrected chi connectivity index (χ3v) is 3.16. The summed E-state index contributed by atoms with van der Waals surface area (Å²) < 4.78 is 5.75. The molecular weight excluding hydrogens is 258 g/mol. The maximum atomic E-state index is 11.4. The summed E-state index contributed by atoms with van der Waals surface area (Å²) in [6, 6.07) is 5.56. The van der Waals surface area contributed by atoms with Crippen molar-refractivity contribution in [1.82, 2.24) is 5.16 Å². The van der Waals surface area contributed by atoms with Gasteiger partial charge in [-0.05, 0) is 31.0 Å². The van der Waals surface area contributed by atoms with Crippen molar-refractivity contribution < 1.29 is 4.52 Å². The van der Waals surface area contributed by atoms with Crippen LogP contribution in [0.1, 0.15) is 24.5 Å². The molecule has 15 heavy (non-hydrogen) atoms. The van der Waals surface area contributed by atoms with E-state index in [1.165, 1.54) is 0 Å². The van der Waals surface area contributed by atoms with E-state index >= 15 is 0 Å². The second-order valence-corrected chi connectivity index (χ2v) is 4.74. The Kier molecular flexibility index (Phi) is 1.92. The molecule has 1 fully saturated rings. The minimum atomic E-state index is -0.359. The van der Waals surface area contributed by atoms with Gasteiger partial charge in [0.15, 0.2) is 0 Å². The van der Waals surface area contributed by atoms with Gasteiger partial charge in [-0.15, -0.1) is 0 Å². The molecule has 1 aromatic heterocycles. The number of halogens is 1. The van der Waals surface area contributed by atoms with Crippen LogP contribution in [0.5, 0.6) is 0 Å². The van der Waals surface area contributed by atoms with E-state index in [0.717, 1.165) is 28.4 Å². The largest absolute Gasteiger partial charge is 0.366 e. The molecule has 0 saturated heterocycles. The fourth-order valence-corrected chi connectivity index (χ4v) is 2.11. The fraction of sp³-hybridized carbons (Fsp3) is 0.273. The third-order valence-electron chi connectivity index (χ3n) is 2.67. The van der Waals surface area contributed by atoms with E-state index in [0.29, 0.717) is 11.3 Å². The Morgan fingerprint density at radius 3 is 2.87 bits per heavy atom. The van der Waals surface area contributed by atoms with Crippen molar-refractivity contribution in [2.45, 2.75) is 18.8 Å². The lowest BCUT2D eigenvalue weighted by molar-refractivity contribution is 0.367. The second kappa shape index (κ2) is 3.17. The van der Waals surface area contributed by atoms with Crippen LogP contribution in [0, 0.1) is 0 Å². The van der Waals surface area contributed by atoms with Gasteiger partial charge in [0.05, 0.1) is 11.1 Å². The lowest BCUT2D eigenvalue weighted by atomic mass is 10.1. The summed E-state index contributed by atoms with van der Waals surface area (Å²) in [5, 5.41) is 5.44. The van der Waals surface area contributed by atoms with Crippen LogP contribution in [-0.4, -0.2) is 5.16 Å². The monoisotopic (exact) mass is 265 g/mol. The summed E-state index contributed by atoms with van der Waals surface area (Å²) >= 11 is 3.40. The molecule has 0 spiro atoms. The molecule has 1 aromatic carbocycles. The minimum absolute atomic E-state index is 0.359. The molecule has 1 saturated carbocycles. The van der Waals surface area contributed by atoms with Crippen molar-refractivity contribution in [1.29, 1.82) is 0 Å². The molecule has 3 rings (SSSR count). The van der Waals surface area contributed by atoms with Gasteiger partial charge in [-0.1, -0.05) is 21.1 Å². The van der Waals surface area contributed by atoms with Crippen molar-refractivity contribution >= 4 is 26.7 Å². The Hall–Kier alpha value is -1.16. The first-order chi connectivity index (χ1) is 7.25. The zero-order valence-electron chi connectivity index (χ0n) is 7.87. The number of hydrogen-bond acceptors (Lipinski definition) is 3. The van der Waals surface area contributed by atoms with E-state index in [1.807, 2.05) is 12.1 Å². The van der Waals surface area contributed by atoms with Crippen LogP contribution in [0.2, 0.25) is 0 Å². The topological polar surface area (TPSA) is 43.1 Å². The molecule has 0 N–H and O–H groups in total. The van der Waals surface area contributed by atoms with Crippen LogP contribution in [0.3, 0.4) is 0 Å². The van der Waals surface area contributed by atoms with Gasteiger partial charge in [-0.3, -0.25) is 0 Å². The molecule has 1 heterocycles. The predicted molar refractivity (Wildman–Crippen MR) is 60.0 cm³/mol. The first-order valence-corrected chi connectivity index (χ1v) is 5.64. The summed E-state index contributed by atoms with van der Waals surface area (Å²) in [7, 11) is 0. The van der Waals surface area contributed by atoms with E-state index in [2.05, 4.69) is 21.1 Å². The normalized spacial score (nSPS) is 15.8. The Bertz CT molecular complexity index is 587. The number of fused-ring (bicyclic) bond motifs is 1. The van der Waals surface area contributed by atoms with Crippen LogP contribution in [0.4, 0.5) is 0 Å². The molecule has 0 amide bonds. The highest BCUT2D eigenvalue weighted by Crippen LogP contribution is 2.41. The van der Waals surface area contributed by atoms with Crippen LogP contribution in [0.15, 0.2) is 32.0 Å². The molecule has 0 radical (unpaired) electrons. The molecule has 0 bridgehead atoms. The van der Waals surface area contributed by atoms with Gasteiger partial charge in [0.25, 0.3) is 0 Å². The van der Waals surface area contributed by atoms with Crippen molar-refractivity contribution in [3.05, 3.63) is 38.8 Å². The summed E-state index contributed by atoms with van der Waals surface area (Å²) in [4.78, 5) is 11.4. The van der Waals surface area contributed by atoms with Crippen molar-refractivity contribution in [3.8, 4) is 0 Å². The number of rotatable bonds is 1. The first-order valence-electron chi connectivity index (χ1n) is 4.85. The Labute approximate surface area is 94.2 Å². The predicted octanol–water partition coefficient (Wildman–Crippen LogP) is 2.83. The third kappa shape index (κ3) is 1.49. The molecule has 1 aliphatic rings. The van der Waals surface area contributed by atoms with Gasteiger partial charge in [0, 0.05) is 15.8 Å². The van der Waals surface area contributed by atoms with E-state index in [9.17, 15) is 4.79 Å². The molecule has 0 unspecified atom stereocenters. The van der Waals surface area contributed by atoms with Crippen molar-refractivity contribution in [2.75, 3.05) is 0 Å². The molecular formula is C11H8BrNO2. The van der Waals surface area contributed by atoms with Gasteiger partial charge in [-0.2, -0.15) is 0 Å². The van der Waals surface area contributed by atoms with Gasteiger partial charge in [0.1, 0.15) is 0 Å². The lowest BCUT2D eigenvalue weighted by Crippen LogP contribution is -2.04. The van der Waals surface area contributed by atoms with Crippen LogP contribution >= 0.6 is 15.9 Å². The van der Waals surface area contributed by atoms with Crippen LogP contribution < -0.4 is 5.63 Å². The molecule has 1 aliphatic carbocycles. The highest BCUT2D eigenvalue weighted by molar-refractivity contribution is 9.10. The van der Waals surface area contributed by atoms with Gasteiger partial charge >= 0.3 is 5.63 Å². The maximum Gasteiger partial charge on any atom is 0.366 e. The standard InChI is InChI=1S/C11H8BrNO2/c12-7-3-4-8-9(5-7)10(6-1-2-6)13-15-11(8)14/h3-6H,1-2H2. The molecule has 0 atom stereocenters. The van der Waals surface area contributed by atoms with E-state index < -0.39 is 0 Å². The number of benzene rings is 1. The SMILES string of the molecule is O=c1onc(C2CC2)c2cc(Br)ccc12. The highest BCUT2D eigenvalue weighted by Gasteiger charge is 2.28. The zero-order valence-corrected chi connectivity index (χ0v) is 9.45. The van der Waals surface area contributed by atoms with Crippen molar-refractivity contribution in [2.24, 2.45) is 0 Å². The Morgan fingerprint density at radius 2 is 2.13 bits per heavy atom. The average Bonchev–Trinajstić information content (AvgIpc) is 3.02. The van der Waals surface area contributed by atoms with Gasteiger partial charge < -0.3 is 4.52 Å². The van der Waals surface area contributed by atoms with E-state index in [-0.39, 0.29) is 5.63 Å². The Balaban J connectivity index is 2.41. The summed E-state index contributed by atoms with van der Waals surface area (Å²) in [6.45, 7) is 0. The lowest BCUT2D eigenvalue weighted by Gasteiger charge is -2.01. The van der Waals surface area contributed by atoms with Gasteiger partial charge in [-0.25, -0.2) is 4.79 Å². The zero-order chi connectivity index (χ0) is 10.4. The average molecular weight is 266 g/mol. The van der Waals surface area contributed by atoms with Crippen LogP contribution in [-0.2, 0) is 0 Å². The molecule has 76 valence electrons. The summed E-state index contributed by atoms with van der Waals surface area (Å²) in [6.07, 6.45) is 2.28. The number of nitrogens with zero attached hydrogens (tertiary/aromatic N) is 1. The molecule has 3 nitrogen and oxygen atoms in total. The highest BCUT2D eigenvalue weighted by atomic mass is 79.9. The minimum Gasteiger partial charge on any atom is -0.312 e. The molecule has 0 aliphatic heterocycles. The van der Waals surface area contributed by atoms with E-state index in [1.54, 1.807) is 6.07 Å². The second-order valence-electron chi connectivity index (χ2n) is 3.82. The quantitative estimate of drug-likeness (QED) is 0.797. The molecule has 2 aromatic rings.